The zero-order chi connectivity index (χ0) is 14.7. The van der Waals surface area contributed by atoms with Crippen LogP contribution in [0.5, 0.6) is 5.75 Å². The molecule has 0 saturated heterocycles. The lowest BCUT2D eigenvalue weighted by Gasteiger charge is -2.33. The lowest BCUT2D eigenvalue weighted by Crippen LogP contribution is -2.24. The number of carbonyl (C=O) groups excluding carboxylic acids is 1. The van der Waals surface area contributed by atoms with Gasteiger partial charge in [0.2, 0.25) is 0 Å². The van der Waals surface area contributed by atoms with Crippen LogP contribution in [0.15, 0.2) is 24.3 Å². The standard InChI is InChI=1S/C16H24O3/c1-15(2,3)11-16(4,5)12-7-9-13(10-8-12)19-14(17)18-6/h7-10H,11H2,1-6H3. The van der Waals surface area contributed by atoms with E-state index < -0.39 is 6.16 Å². The molecule has 106 valence electrons. The van der Waals surface area contributed by atoms with Gasteiger partial charge in [-0.3, -0.25) is 0 Å². The van der Waals surface area contributed by atoms with Gasteiger partial charge in [-0.15, -0.1) is 0 Å². The predicted molar refractivity (Wildman–Crippen MR) is 76.6 cm³/mol. The molecule has 3 nitrogen and oxygen atoms in total. The number of hydrogen-bond donors (Lipinski definition) is 0. The molecule has 0 heterocycles. The van der Waals surface area contributed by atoms with Gasteiger partial charge >= 0.3 is 6.16 Å². The Morgan fingerprint density at radius 3 is 2.00 bits per heavy atom. The Kier molecular flexibility index (Phi) is 4.61. The summed E-state index contributed by atoms with van der Waals surface area (Å²) in [6.07, 6.45) is 0.388. The molecular formula is C16H24O3. The zero-order valence-electron chi connectivity index (χ0n) is 12.7. The smallest absolute Gasteiger partial charge is 0.437 e. The molecule has 0 aliphatic heterocycles. The maximum absolute atomic E-state index is 11.0. The topological polar surface area (TPSA) is 35.5 Å². The summed E-state index contributed by atoms with van der Waals surface area (Å²) in [5, 5.41) is 0. The first-order valence-corrected chi connectivity index (χ1v) is 6.50. The van der Waals surface area contributed by atoms with Crippen LogP contribution in [-0.4, -0.2) is 13.3 Å². The van der Waals surface area contributed by atoms with E-state index in [0.29, 0.717) is 5.75 Å². The highest BCUT2D eigenvalue weighted by Crippen LogP contribution is 2.36. The lowest BCUT2D eigenvalue weighted by atomic mass is 9.72. The fourth-order valence-electron chi connectivity index (χ4n) is 2.54. The summed E-state index contributed by atoms with van der Waals surface area (Å²) in [5.74, 6) is 0.502. The van der Waals surface area contributed by atoms with Crippen LogP contribution in [0.2, 0.25) is 0 Å². The van der Waals surface area contributed by atoms with E-state index in [1.807, 2.05) is 12.1 Å². The summed E-state index contributed by atoms with van der Waals surface area (Å²) in [7, 11) is 1.29. The van der Waals surface area contributed by atoms with E-state index in [0.717, 1.165) is 6.42 Å². The normalized spacial score (nSPS) is 12.1. The van der Waals surface area contributed by atoms with Crippen molar-refractivity contribution >= 4 is 6.16 Å². The molecule has 1 rings (SSSR count). The fraction of sp³-hybridized carbons (Fsp3) is 0.562. The first kappa shape index (κ1) is 15.5. The van der Waals surface area contributed by atoms with Crippen molar-refractivity contribution in [3.8, 4) is 5.75 Å². The van der Waals surface area contributed by atoms with Gasteiger partial charge in [0.25, 0.3) is 0 Å². The van der Waals surface area contributed by atoms with E-state index in [2.05, 4.69) is 39.4 Å². The molecule has 0 radical (unpaired) electrons. The van der Waals surface area contributed by atoms with Crippen molar-refractivity contribution in [2.24, 2.45) is 5.41 Å². The molecule has 0 aliphatic carbocycles. The van der Waals surface area contributed by atoms with Crippen LogP contribution in [0.4, 0.5) is 4.79 Å². The monoisotopic (exact) mass is 264 g/mol. The second-order valence-electron chi connectivity index (χ2n) is 6.70. The second kappa shape index (κ2) is 5.64. The molecule has 0 spiro atoms. The van der Waals surface area contributed by atoms with Crippen LogP contribution in [0.25, 0.3) is 0 Å². The molecule has 0 saturated carbocycles. The summed E-state index contributed by atoms with van der Waals surface area (Å²) in [4.78, 5) is 11.0. The Morgan fingerprint density at radius 1 is 1.05 bits per heavy atom. The van der Waals surface area contributed by atoms with Crippen LogP contribution >= 0.6 is 0 Å². The van der Waals surface area contributed by atoms with Crippen LogP contribution in [-0.2, 0) is 10.2 Å². The molecule has 19 heavy (non-hydrogen) atoms. The molecular weight excluding hydrogens is 240 g/mol. The van der Waals surface area contributed by atoms with Crippen molar-refractivity contribution in [1.29, 1.82) is 0 Å². The number of carbonyl (C=O) groups is 1. The first-order chi connectivity index (χ1) is 8.64. The molecule has 0 N–H and O–H groups in total. The van der Waals surface area contributed by atoms with Crippen molar-refractivity contribution in [2.75, 3.05) is 7.11 Å². The number of methoxy groups -OCH3 is 1. The number of hydrogen-bond acceptors (Lipinski definition) is 3. The van der Waals surface area contributed by atoms with Gasteiger partial charge in [-0.25, -0.2) is 4.79 Å². The molecule has 0 fully saturated rings. The van der Waals surface area contributed by atoms with Gasteiger partial charge in [0.15, 0.2) is 0 Å². The van der Waals surface area contributed by atoms with Crippen molar-refractivity contribution in [1.82, 2.24) is 0 Å². The first-order valence-electron chi connectivity index (χ1n) is 6.50. The van der Waals surface area contributed by atoms with Crippen LogP contribution < -0.4 is 4.74 Å². The molecule has 3 heteroatoms. The molecule has 1 aromatic carbocycles. The fourth-order valence-corrected chi connectivity index (χ4v) is 2.54. The second-order valence-corrected chi connectivity index (χ2v) is 6.70. The average Bonchev–Trinajstić information content (AvgIpc) is 2.26. The van der Waals surface area contributed by atoms with Gasteiger partial charge in [0.05, 0.1) is 7.11 Å². The summed E-state index contributed by atoms with van der Waals surface area (Å²) in [6, 6.07) is 7.61. The Labute approximate surface area is 115 Å². The van der Waals surface area contributed by atoms with Gasteiger partial charge in [0.1, 0.15) is 5.75 Å². The maximum atomic E-state index is 11.0. The number of benzene rings is 1. The number of ether oxygens (including phenoxy) is 2. The van der Waals surface area contributed by atoms with E-state index in [4.69, 9.17) is 4.74 Å². The third kappa shape index (κ3) is 4.93. The van der Waals surface area contributed by atoms with Crippen molar-refractivity contribution in [3.05, 3.63) is 29.8 Å². The van der Waals surface area contributed by atoms with E-state index in [9.17, 15) is 4.79 Å². The molecule has 1 aromatic rings. The van der Waals surface area contributed by atoms with Crippen molar-refractivity contribution in [3.63, 3.8) is 0 Å². The highest BCUT2D eigenvalue weighted by atomic mass is 16.7. The third-order valence-electron chi connectivity index (χ3n) is 2.98. The largest absolute Gasteiger partial charge is 0.513 e. The summed E-state index contributed by atoms with van der Waals surface area (Å²) in [6.45, 7) is 11.2. The van der Waals surface area contributed by atoms with Crippen LogP contribution in [0, 0.1) is 5.41 Å². The van der Waals surface area contributed by atoms with Crippen molar-refractivity contribution in [2.45, 2.75) is 46.5 Å². The molecule has 0 atom stereocenters. The molecule has 0 unspecified atom stereocenters. The lowest BCUT2D eigenvalue weighted by molar-refractivity contribution is 0.121. The minimum Gasteiger partial charge on any atom is -0.437 e. The Hall–Kier alpha value is -1.51. The van der Waals surface area contributed by atoms with Gasteiger partial charge in [-0.05, 0) is 34.9 Å². The average molecular weight is 264 g/mol. The van der Waals surface area contributed by atoms with Crippen LogP contribution in [0.3, 0.4) is 0 Å². The third-order valence-corrected chi connectivity index (χ3v) is 2.98. The predicted octanol–water partition coefficient (Wildman–Crippen LogP) is 4.55. The zero-order valence-corrected chi connectivity index (χ0v) is 12.7. The molecule has 0 bridgehead atoms. The highest BCUT2D eigenvalue weighted by molar-refractivity contribution is 5.63. The van der Waals surface area contributed by atoms with E-state index >= 15 is 0 Å². The van der Waals surface area contributed by atoms with Gasteiger partial charge < -0.3 is 9.47 Å². The summed E-state index contributed by atoms with van der Waals surface area (Å²) in [5.41, 5.74) is 1.59. The molecule has 0 aliphatic rings. The van der Waals surface area contributed by atoms with E-state index in [1.165, 1.54) is 12.7 Å². The summed E-state index contributed by atoms with van der Waals surface area (Å²) < 4.78 is 9.43. The van der Waals surface area contributed by atoms with Crippen molar-refractivity contribution < 1.29 is 14.3 Å². The van der Waals surface area contributed by atoms with Gasteiger partial charge in [0, 0.05) is 0 Å². The molecule has 0 amide bonds. The van der Waals surface area contributed by atoms with Gasteiger partial charge in [-0.1, -0.05) is 46.8 Å². The van der Waals surface area contributed by atoms with Crippen LogP contribution in [0.1, 0.15) is 46.6 Å². The SMILES string of the molecule is COC(=O)Oc1ccc(C(C)(C)CC(C)(C)C)cc1. The summed E-state index contributed by atoms with van der Waals surface area (Å²) >= 11 is 0. The Balaban J connectivity index is 2.83. The van der Waals surface area contributed by atoms with E-state index in [-0.39, 0.29) is 10.8 Å². The van der Waals surface area contributed by atoms with E-state index in [1.54, 1.807) is 12.1 Å². The minimum absolute atomic E-state index is 0.0854. The Morgan fingerprint density at radius 2 is 1.58 bits per heavy atom. The number of rotatable bonds is 3. The quantitative estimate of drug-likeness (QED) is 0.593. The molecule has 0 aromatic heterocycles. The van der Waals surface area contributed by atoms with Gasteiger partial charge in [-0.2, -0.15) is 0 Å². The Bertz CT molecular complexity index is 424. The maximum Gasteiger partial charge on any atom is 0.513 e. The minimum atomic E-state index is -0.693. The highest BCUT2D eigenvalue weighted by Gasteiger charge is 2.27.